The van der Waals surface area contributed by atoms with Crippen LogP contribution in [0.5, 0.6) is 0 Å². The second-order valence-corrected chi connectivity index (χ2v) is 7.87. The number of likely N-dealkylation sites (N-methyl/N-ethyl adjacent to an activating group) is 1. The predicted molar refractivity (Wildman–Crippen MR) is 123 cm³/mol. The molecule has 1 atom stereocenters. The van der Waals surface area contributed by atoms with E-state index >= 15 is 0 Å². The number of carbonyl (C=O) groups is 2. The van der Waals surface area contributed by atoms with Crippen LogP contribution >= 0.6 is 0 Å². The van der Waals surface area contributed by atoms with Crippen molar-refractivity contribution >= 4 is 12.0 Å². The van der Waals surface area contributed by atoms with Gasteiger partial charge in [-0.05, 0) is 35.2 Å². The summed E-state index contributed by atoms with van der Waals surface area (Å²) in [6.07, 6.45) is -1.03. The van der Waals surface area contributed by atoms with Crippen LogP contribution in [0.3, 0.4) is 0 Å². The zero-order chi connectivity index (χ0) is 23.1. The molecule has 2 aromatic carbocycles. The van der Waals surface area contributed by atoms with Crippen LogP contribution in [-0.2, 0) is 16.1 Å². The molecular formula is C24H32N4O4. The lowest BCUT2D eigenvalue weighted by atomic mass is 10.0. The number of piperazine rings is 1. The van der Waals surface area contributed by atoms with Gasteiger partial charge in [0.1, 0.15) is 6.23 Å². The van der Waals surface area contributed by atoms with Gasteiger partial charge in [0.25, 0.3) is 0 Å². The minimum Gasteiger partial charge on any atom is -0.450 e. The van der Waals surface area contributed by atoms with Gasteiger partial charge in [-0.3, -0.25) is 9.69 Å². The van der Waals surface area contributed by atoms with Crippen LogP contribution in [0, 0.1) is 0 Å². The topological polar surface area (TPSA) is 99.3 Å². The van der Waals surface area contributed by atoms with Gasteiger partial charge in [-0.1, -0.05) is 42.5 Å². The molecule has 2 amide bonds. The Morgan fingerprint density at radius 2 is 1.78 bits per heavy atom. The van der Waals surface area contributed by atoms with Gasteiger partial charge in [0.05, 0.1) is 13.2 Å². The van der Waals surface area contributed by atoms with Gasteiger partial charge in [0.2, 0.25) is 5.91 Å². The third-order valence-electron chi connectivity index (χ3n) is 5.68. The van der Waals surface area contributed by atoms with E-state index in [1.807, 2.05) is 47.4 Å². The summed E-state index contributed by atoms with van der Waals surface area (Å²) < 4.78 is 5.04. The van der Waals surface area contributed by atoms with E-state index in [-0.39, 0.29) is 18.5 Å². The number of aliphatic hydroxyl groups is 1. The number of amides is 2. The number of hydrogen-bond acceptors (Lipinski definition) is 6. The van der Waals surface area contributed by atoms with Crippen molar-refractivity contribution in [2.75, 3.05) is 46.4 Å². The molecule has 0 spiro atoms. The minimum atomic E-state index is -0.726. The van der Waals surface area contributed by atoms with E-state index in [0.717, 1.165) is 22.3 Å². The van der Waals surface area contributed by atoms with E-state index in [2.05, 4.69) is 6.07 Å². The number of benzene rings is 2. The van der Waals surface area contributed by atoms with Crippen molar-refractivity contribution in [3.05, 3.63) is 59.7 Å². The van der Waals surface area contributed by atoms with Crippen LogP contribution in [-0.4, -0.2) is 78.2 Å². The van der Waals surface area contributed by atoms with Crippen molar-refractivity contribution in [3.63, 3.8) is 0 Å². The zero-order valence-corrected chi connectivity index (χ0v) is 18.7. The van der Waals surface area contributed by atoms with Crippen molar-refractivity contribution in [1.29, 1.82) is 0 Å². The van der Waals surface area contributed by atoms with E-state index in [0.29, 0.717) is 39.3 Å². The Morgan fingerprint density at radius 1 is 1.09 bits per heavy atom. The number of hydrogen-bond donors (Lipinski definition) is 2. The third-order valence-corrected chi connectivity index (χ3v) is 5.68. The maximum atomic E-state index is 11.8. The fourth-order valence-corrected chi connectivity index (χ4v) is 3.79. The minimum absolute atomic E-state index is 0.00213. The van der Waals surface area contributed by atoms with Gasteiger partial charge >= 0.3 is 6.09 Å². The lowest BCUT2D eigenvalue weighted by Crippen LogP contribution is -2.49. The molecule has 0 aliphatic carbocycles. The monoisotopic (exact) mass is 440 g/mol. The lowest BCUT2D eigenvalue weighted by Gasteiger charge is -2.36. The van der Waals surface area contributed by atoms with Crippen molar-refractivity contribution in [2.45, 2.75) is 19.7 Å². The highest BCUT2D eigenvalue weighted by molar-refractivity contribution is 5.77. The molecule has 172 valence electrons. The molecule has 0 saturated carbocycles. The van der Waals surface area contributed by atoms with Crippen molar-refractivity contribution in [1.82, 2.24) is 14.7 Å². The Balaban J connectivity index is 1.62. The molecule has 1 aliphatic heterocycles. The Kier molecular flexibility index (Phi) is 8.21. The van der Waals surface area contributed by atoms with Gasteiger partial charge in [-0.15, -0.1) is 0 Å². The summed E-state index contributed by atoms with van der Waals surface area (Å²) >= 11 is 0. The average Bonchev–Trinajstić information content (AvgIpc) is 2.83. The van der Waals surface area contributed by atoms with Gasteiger partial charge in [-0.25, -0.2) is 4.79 Å². The van der Waals surface area contributed by atoms with Crippen LogP contribution in [0.25, 0.3) is 11.1 Å². The van der Waals surface area contributed by atoms with E-state index in [9.17, 15) is 14.7 Å². The van der Waals surface area contributed by atoms with Crippen molar-refractivity contribution in [3.8, 4) is 11.1 Å². The normalized spacial score (nSPS) is 15.3. The number of rotatable bonds is 7. The molecule has 1 saturated heterocycles. The zero-order valence-electron chi connectivity index (χ0n) is 18.7. The molecule has 3 rings (SSSR count). The first-order valence-corrected chi connectivity index (χ1v) is 10.9. The van der Waals surface area contributed by atoms with Gasteiger partial charge < -0.3 is 25.4 Å². The predicted octanol–water partition coefficient (Wildman–Crippen LogP) is 2.04. The molecule has 2 aromatic rings. The first kappa shape index (κ1) is 23.7. The molecule has 3 N–H and O–H groups in total. The standard InChI is InChI=1S/C24H32N4O4/c1-3-32-24(31)28-13-11-27(12-14-28)23(30)20-9-7-19(8-10-20)21-6-4-5-18(15-21)17-26(2)22(29)16-25/h4-10,15,23,30H,3,11-14,16-17,25H2,1-2H3. The highest BCUT2D eigenvalue weighted by Gasteiger charge is 2.26. The Hall–Kier alpha value is -2.94. The molecular weight excluding hydrogens is 408 g/mol. The summed E-state index contributed by atoms with van der Waals surface area (Å²) in [7, 11) is 1.74. The second-order valence-electron chi connectivity index (χ2n) is 7.87. The van der Waals surface area contributed by atoms with Crippen LogP contribution in [0.15, 0.2) is 48.5 Å². The molecule has 1 aliphatic rings. The van der Waals surface area contributed by atoms with Crippen molar-refractivity contribution < 1.29 is 19.4 Å². The summed E-state index contributed by atoms with van der Waals surface area (Å²) in [6.45, 7) is 4.87. The summed E-state index contributed by atoms with van der Waals surface area (Å²) in [4.78, 5) is 28.8. The van der Waals surface area contributed by atoms with Crippen LogP contribution in [0.1, 0.15) is 24.3 Å². The highest BCUT2D eigenvalue weighted by Crippen LogP contribution is 2.25. The lowest BCUT2D eigenvalue weighted by molar-refractivity contribution is -0.128. The fraction of sp³-hybridized carbons (Fsp3) is 0.417. The number of nitrogens with two attached hydrogens (primary N) is 1. The quantitative estimate of drug-likeness (QED) is 0.684. The number of ether oxygens (including phenoxy) is 1. The highest BCUT2D eigenvalue weighted by atomic mass is 16.6. The SMILES string of the molecule is CCOC(=O)N1CCN(C(O)c2ccc(-c3cccc(CN(C)C(=O)CN)c3)cc2)CC1. The van der Waals surface area contributed by atoms with E-state index in [4.69, 9.17) is 10.5 Å². The molecule has 1 fully saturated rings. The maximum absolute atomic E-state index is 11.8. The molecule has 1 heterocycles. The van der Waals surface area contributed by atoms with Gasteiger partial charge in [0, 0.05) is 39.8 Å². The smallest absolute Gasteiger partial charge is 0.409 e. The number of aliphatic hydroxyl groups excluding tert-OH is 1. The molecule has 0 radical (unpaired) electrons. The van der Waals surface area contributed by atoms with Crippen LogP contribution in [0.4, 0.5) is 4.79 Å². The molecule has 8 nitrogen and oxygen atoms in total. The average molecular weight is 441 g/mol. The number of carbonyl (C=O) groups excluding carboxylic acids is 2. The molecule has 0 bridgehead atoms. The largest absolute Gasteiger partial charge is 0.450 e. The molecule has 1 unspecified atom stereocenters. The van der Waals surface area contributed by atoms with E-state index in [1.54, 1.807) is 23.8 Å². The van der Waals surface area contributed by atoms with Crippen LogP contribution < -0.4 is 5.73 Å². The molecule has 8 heteroatoms. The summed E-state index contributed by atoms with van der Waals surface area (Å²) in [6, 6.07) is 15.9. The Labute approximate surface area is 189 Å². The fourth-order valence-electron chi connectivity index (χ4n) is 3.79. The van der Waals surface area contributed by atoms with E-state index < -0.39 is 6.23 Å². The summed E-state index contributed by atoms with van der Waals surface area (Å²) in [5.74, 6) is -0.100. The van der Waals surface area contributed by atoms with Crippen molar-refractivity contribution in [2.24, 2.45) is 5.73 Å². The van der Waals surface area contributed by atoms with Gasteiger partial charge in [-0.2, -0.15) is 0 Å². The Morgan fingerprint density at radius 3 is 2.41 bits per heavy atom. The van der Waals surface area contributed by atoms with Crippen LogP contribution in [0.2, 0.25) is 0 Å². The first-order chi connectivity index (χ1) is 15.4. The maximum Gasteiger partial charge on any atom is 0.409 e. The molecule has 32 heavy (non-hydrogen) atoms. The Bertz CT molecular complexity index is 910. The third kappa shape index (κ3) is 5.85. The first-order valence-electron chi connectivity index (χ1n) is 10.9. The summed E-state index contributed by atoms with van der Waals surface area (Å²) in [5.41, 5.74) is 9.34. The molecule has 0 aromatic heterocycles. The van der Waals surface area contributed by atoms with Gasteiger partial charge in [0.15, 0.2) is 0 Å². The summed E-state index contributed by atoms with van der Waals surface area (Å²) in [5, 5.41) is 10.8. The number of nitrogens with zero attached hydrogens (tertiary/aromatic N) is 3. The second kappa shape index (κ2) is 11.1. The van der Waals surface area contributed by atoms with E-state index in [1.165, 1.54) is 0 Å².